The van der Waals surface area contributed by atoms with Crippen molar-refractivity contribution in [1.29, 1.82) is 0 Å². The van der Waals surface area contributed by atoms with Gasteiger partial charge in [-0.2, -0.15) is 0 Å². The number of fused-ring (bicyclic) bond motifs is 1. The fraction of sp³-hybridized carbons (Fsp3) is 0.480. The van der Waals surface area contributed by atoms with Crippen LogP contribution in [0.5, 0.6) is 5.75 Å². The third kappa shape index (κ3) is 6.51. The standard InChI is InChI=1S/C25H29F4NO5S2/c1-24(2,23(31)32)14-35-19-12-21-18(11-20(19)36-4)30(17-7-5-6-16(26)10-17)13-15(8-9-25(3,28)29)22(27)37(21,33)34/h5-7,10-12,15,22H,8-9,13-14H2,1-4H3,(H,31,32)/t15-,22+/m0/s1. The number of sulfone groups is 1. The molecule has 0 unspecified atom stereocenters. The molecule has 0 aliphatic carbocycles. The van der Waals surface area contributed by atoms with Crippen LogP contribution in [0.25, 0.3) is 0 Å². The van der Waals surface area contributed by atoms with Gasteiger partial charge in [0.25, 0.3) is 0 Å². The third-order valence-electron chi connectivity index (χ3n) is 6.17. The molecule has 0 bridgehead atoms. The summed E-state index contributed by atoms with van der Waals surface area (Å²) < 4.78 is 89.6. The van der Waals surface area contributed by atoms with E-state index in [9.17, 15) is 31.5 Å². The van der Waals surface area contributed by atoms with Gasteiger partial charge in [-0.1, -0.05) is 6.07 Å². The molecule has 0 fully saturated rings. The number of thioether (sulfide) groups is 1. The Morgan fingerprint density at radius 3 is 2.46 bits per heavy atom. The lowest BCUT2D eigenvalue weighted by molar-refractivity contribution is -0.148. The van der Waals surface area contributed by atoms with Crippen LogP contribution < -0.4 is 9.64 Å². The number of carboxylic acid groups (broad SMARTS) is 1. The lowest BCUT2D eigenvalue weighted by Gasteiger charge is -2.29. The summed E-state index contributed by atoms with van der Waals surface area (Å²) in [5.41, 5.74) is -3.52. The van der Waals surface area contributed by atoms with Crippen LogP contribution >= 0.6 is 11.8 Å². The van der Waals surface area contributed by atoms with E-state index in [1.165, 1.54) is 54.8 Å². The van der Waals surface area contributed by atoms with Crippen molar-refractivity contribution in [3.05, 3.63) is 42.2 Å². The Hall–Kier alpha value is -2.47. The Morgan fingerprint density at radius 2 is 1.89 bits per heavy atom. The molecule has 2 aromatic carbocycles. The zero-order chi connectivity index (χ0) is 27.8. The molecular weight excluding hydrogens is 534 g/mol. The molecule has 1 aliphatic heterocycles. The minimum absolute atomic E-state index is 0.0362. The number of anilines is 2. The first-order valence-electron chi connectivity index (χ1n) is 11.4. The van der Waals surface area contributed by atoms with Crippen LogP contribution in [0.1, 0.15) is 33.6 Å². The lowest BCUT2D eigenvalue weighted by atomic mass is 9.95. The zero-order valence-electron chi connectivity index (χ0n) is 20.8. The molecule has 1 N–H and O–H groups in total. The van der Waals surface area contributed by atoms with Crippen LogP contribution in [0, 0.1) is 17.2 Å². The van der Waals surface area contributed by atoms with Gasteiger partial charge in [-0.25, -0.2) is 26.0 Å². The number of hydrogen-bond donors (Lipinski definition) is 1. The van der Waals surface area contributed by atoms with Gasteiger partial charge in [0.15, 0.2) is 0 Å². The summed E-state index contributed by atoms with van der Waals surface area (Å²) in [4.78, 5) is 12.9. The first-order valence-corrected chi connectivity index (χ1v) is 14.2. The van der Waals surface area contributed by atoms with Crippen molar-refractivity contribution < 1.29 is 40.6 Å². The summed E-state index contributed by atoms with van der Waals surface area (Å²) in [6, 6.07) is 7.85. The van der Waals surface area contributed by atoms with Crippen LogP contribution in [0.4, 0.5) is 28.9 Å². The average molecular weight is 564 g/mol. The van der Waals surface area contributed by atoms with Gasteiger partial charge in [0, 0.05) is 30.6 Å². The van der Waals surface area contributed by atoms with E-state index in [1.807, 2.05) is 0 Å². The number of hydrogen-bond acceptors (Lipinski definition) is 6. The average Bonchev–Trinajstić information content (AvgIpc) is 2.88. The minimum atomic E-state index is -4.70. The molecule has 37 heavy (non-hydrogen) atoms. The van der Waals surface area contributed by atoms with Gasteiger partial charge in [0.05, 0.1) is 20.9 Å². The number of ether oxygens (including phenoxy) is 1. The van der Waals surface area contributed by atoms with Gasteiger partial charge in [0.2, 0.25) is 21.3 Å². The number of carboxylic acids is 1. The van der Waals surface area contributed by atoms with Crippen molar-refractivity contribution in [2.45, 2.75) is 54.8 Å². The van der Waals surface area contributed by atoms with E-state index in [1.54, 1.807) is 6.26 Å². The maximum Gasteiger partial charge on any atom is 0.312 e. The molecule has 0 saturated heterocycles. The molecule has 0 spiro atoms. The Morgan fingerprint density at radius 1 is 1.22 bits per heavy atom. The first-order chi connectivity index (χ1) is 17.1. The second-order valence-corrected chi connectivity index (χ2v) is 12.6. The second-order valence-electron chi connectivity index (χ2n) is 9.80. The number of benzene rings is 2. The van der Waals surface area contributed by atoms with Gasteiger partial charge < -0.3 is 14.7 Å². The second kappa shape index (κ2) is 10.7. The molecule has 12 heteroatoms. The normalized spacial score (nSPS) is 19.7. The van der Waals surface area contributed by atoms with Crippen molar-refractivity contribution in [1.82, 2.24) is 0 Å². The van der Waals surface area contributed by atoms with E-state index in [-0.39, 0.29) is 30.3 Å². The Bertz CT molecular complexity index is 1260. The fourth-order valence-electron chi connectivity index (χ4n) is 3.90. The molecule has 1 heterocycles. The predicted octanol–water partition coefficient (Wildman–Crippen LogP) is 6.31. The van der Waals surface area contributed by atoms with Crippen molar-refractivity contribution >= 4 is 38.9 Å². The zero-order valence-corrected chi connectivity index (χ0v) is 22.4. The Balaban J connectivity index is 2.19. The van der Waals surface area contributed by atoms with Crippen molar-refractivity contribution in [3.63, 3.8) is 0 Å². The monoisotopic (exact) mass is 563 g/mol. The maximum absolute atomic E-state index is 15.6. The highest BCUT2D eigenvalue weighted by molar-refractivity contribution is 7.98. The quantitative estimate of drug-likeness (QED) is 0.283. The highest BCUT2D eigenvalue weighted by Gasteiger charge is 2.43. The molecule has 1 aliphatic rings. The van der Waals surface area contributed by atoms with Crippen LogP contribution in [0.2, 0.25) is 0 Å². The van der Waals surface area contributed by atoms with Crippen LogP contribution in [-0.4, -0.2) is 50.3 Å². The summed E-state index contributed by atoms with van der Waals surface area (Å²) in [6.45, 7) is 2.97. The molecule has 3 rings (SSSR count). The fourth-order valence-corrected chi connectivity index (χ4v) is 6.15. The van der Waals surface area contributed by atoms with E-state index in [0.717, 1.165) is 12.1 Å². The smallest absolute Gasteiger partial charge is 0.312 e. The molecule has 0 saturated carbocycles. The largest absolute Gasteiger partial charge is 0.491 e. The number of rotatable bonds is 9. The molecule has 2 atom stereocenters. The first kappa shape index (κ1) is 29.1. The molecule has 204 valence electrons. The number of halogens is 4. The number of nitrogens with zero attached hydrogens (tertiary/aromatic N) is 1. The SMILES string of the molecule is CSc1cc2c(cc1OCC(C)(C)C(=O)O)S(=O)(=O)[C@@H](F)[C@@H](CCC(C)(F)F)CN2c1cccc(F)c1. The summed E-state index contributed by atoms with van der Waals surface area (Å²) in [7, 11) is -4.70. The van der Waals surface area contributed by atoms with Gasteiger partial charge in [-0.05, 0) is 57.7 Å². The van der Waals surface area contributed by atoms with E-state index in [4.69, 9.17) is 4.74 Å². The molecule has 0 aromatic heterocycles. The maximum atomic E-state index is 15.6. The highest BCUT2D eigenvalue weighted by atomic mass is 32.2. The molecule has 0 amide bonds. The van der Waals surface area contributed by atoms with Crippen molar-refractivity contribution in [3.8, 4) is 5.75 Å². The summed E-state index contributed by atoms with van der Waals surface area (Å²) in [5.74, 6) is -6.16. The van der Waals surface area contributed by atoms with E-state index in [2.05, 4.69) is 0 Å². The van der Waals surface area contributed by atoms with Gasteiger partial charge >= 0.3 is 5.97 Å². The number of aliphatic carboxylic acids is 1. The Labute approximate surface area is 217 Å². The van der Waals surface area contributed by atoms with Crippen LogP contribution in [-0.2, 0) is 14.6 Å². The van der Waals surface area contributed by atoms with Gasteiger partial charge in [0.1, 0.15) is 18.2 Å². The van der Waals surface area contributed by atoms with Gasteiger partial charge in [-0.15, -0.1) is 11.8 Å². The molecule has 2 aromatic rings. The molecule has 6 nitrogen and oxygen atoms in total. The van der Waals surface area contributed by atoms with Crippen molar-refractivity contribution in [2.24, 2.45) is 11.3 Å². The van der Waals surface area contributed by atoms with Crippen molar-refractivity contribution in [2.75, 3.05) is 24.3 Å². The van der Waals surface area contributed by atoms with Crippen LogP contribution in [0.3, 0.4) is 0 Å². The molecular formula is C25H29F4NO5S2. The summed E-state index contributed by atoms with van der Waals surface area (Å²) >= 11 is 1.19. The van der Waals surface area contributed by atoms with Gasteiger partial charge in [-0.3, -0.25) is 4.79 Å². The van der Waals surface area contributed by atoms with E-state index < -0.39 is 62.1 Å². The van der Waals surface area contributed by atoms with E-state index >= 15 is 4.39 Å². The topological polar surface area (TPSA) is 83.9 Å². The number of carbonyl (C=O) groups is 1. The Kier molecular flexibility index (Phi) is 8.43. The predicted molar refractivity (Wildman–Crippen MR) is 134 cm³/mol. The van der Waals surface area contributed by atoms with E-state index in [0.29, 0.717) is 11.8 Å². The minimum Gasteiger partial charge on any atom is -0.491 e. The number of alkyl halides is 3. The lowest BCUT2D eigenvalue weighted by Crippen LogP contribution is -2.32. The summed E-state index contributed by atoms with van der Waals surface area (Å²) in [6.07, 6.45) is 0.545. The summed E-state index contributed by atoms with van der Waals surface area (Å²) in [5, 5.41) is 9.39. The van der Waals surface area contributed by atoms with Crippen LogP contribution in [0.15, 0.2) is 46.2 Å². The highest BCUT2D eigenvalue weighted by Crippen LogP contribution is 2.46. The molecule has 0 radical (unpaired) electrons. The third-order valence-corrected chi connectivity index (χ3v) is 8.84.